The fourth-order valence-electron chi connectivity index (χ4n) is 3.11. The van der Waals surface area contributed by atoms with E-state index in [4.69, 9.17) is 9.47 Å². The summed E-state index contributed by atoms with van der Waals surface area (Å²) in [5.74, 6) is 2.41. The third-order valence-electron chi connectivity index (χ3n) is 4.72. The van der Waals surface area contributed by atoms with Gasteiger partial charge in [0.2, 0.25) is 0 Å². The Morgan fingerprint density at radius 3 is 2.27 bits per heavy atom. The number of hydrogen-bond acceptors (Lipinski definition) is 4. The maximum Gasteiger partial charge on any atom is 0.191 e. The number of rotatable bonds is 14. The molecule has 0 aromatic heterocycles. The zero-order valence-corrected chi connectivity index (χ0v) is 22.1. The van der Waals surface area contributed by atoms with Gasteiger partial charge in [-0.3, -0.25) is 4.99 Å². The van der Waals surface area contributed by atoms with Crippen LogP contribution in [0.25, 0.3) is 0 Å². The molecule has 0 spiro atoms. The van der Waals surface area contributed by atoms with Crippen molar-refractivity contribution < 1.29 is 9.47 Å². The lowest BCUT2D eigenvalue weighted by atomic mass is 10.1. The van der Waals surface area contributed by atoms with Gasteiger partial charge in [0, 0.05) is 13.6 Å². The molecule has 0 radical (unpaired) electrons. The third kappa shape index (κ3) is 11.8. The first kappa shape index (κ1) is 28.8. The van der Waals surface area contributed by atoms with Crippen molar-refractivity contribution in [2.75, 3.05) is 47.4 Å². The van der Waals surface area contributed by atoms with Crippen LogP contribution < -0.4 is 20.1 Å². The number of ether oxygens (including phenoxy) is 2. The average Bonchev–Trinajstić information content (AvgIpc) is 2.70. The molecular weight excluding hydrogens is 491 g/mol. The van der Waals surface area contributed by atoms with Crippen LogP contribution in [0, 0.1) is 0 Å². The largest absolute Gasteiger partial charge is 0.490 e. The molecule has 1 aromatic carbocycles. The van der Waals surface area contributed by atoms with Gasteiger partial charge in [0.05, 0.1) is 19.3 Å². The maximum atomic E-state index is 5.74. The van der Waals surface area contributed by atoms with E-state index >= 15 is 0 Å². The van der Waals surface area contributed by atoms with Crippen molar-refractivity contribution in [1.29, 1.82) is 0 Å². The summed E-state index contributed by atoms with van der Waals surface area (Å²) in [6.07, 6.45) is 6.30. The molecule has 1 aromatic rings. The van der Waals surface area contributed by atoms with E-state index in [9.17, 15) is 0 Å². The van der Waals surface area contributed by atoms with Crippen LogP contribution in [0.5, 0.6) is 11.5 Å². The molecule has 174 valence electrons. The number of halogens is 1. The summed E-state index contributed by atoms with van der Waals surface area (Å²) in [6, 6.07) is 6.22. The second-order valence-electron chi connectivity index (χ2n) is 7.51. The summed E-state index contributed by atoms with van der Waals surface area (Å²) in [7, 11) is 6.08. The molecular formula is C23H43IN4O2. The molecule has 0 heterocycles. The summed E-state index contributed by atoms with van der Waals surface area (Å²) < 4.78 is 11.4. The van der Waals surface area contributed by atoms with E-state index < -0.39 is 0 Å². The SMILES string of the molecule is CCOc1ccc(C(C)NC(=NC)NCCCCCCCN(C)C)cc1OCC.I. The lowest BCUT2D eigenvalue weighted by Gasteiger charge is -2.20. The van der Waals surface area contributed by atoms with E-state index in [-0.39, 0.29) is 30.0 Å². The minimum absolute atomic E-state index is 0. The summed E-state index contributed by atoms with van der Waals surface area (Å²) in [5, 5.41) is 6.89. The Labute approximate surface area is 201 Å². The van der Waals surface area contributed by atoms with E-state index in [1.165, 1.54) is 32.2 Å². The predicted molar refractivity (Wildman–Crippen MR) is 139 cm³/mol. The summed E-state index contributed by atoms with van der Waals surface area (Å²) in [6.45, 7) is 9.45. The Hall–Kier alpha value is -1.22. The minimum atomic E-state index is 0. The van der Waals surface area contributed by atoms with Crippen molar-refractivity contribution in [3.8, 4) is 11.5 Å². The zero-order chi connectivity index (χ0) is 21.5. The second-order valence-corrected chi connectivity index (χ2v) is 7.51. The molecule has 0 saturated heterocycles. The van der Waals surface area contributed by atoms with Crippen molar-refractivity contribution >= 4 is 29.9 Å². The number of nitrogens with zero attached hydrogens (tertiary/aromatic N) is 2. The van der Waals surface area contributed by atoms with Crippen LogP contribution >= 0.6 is 24.0 Å². The van der Waals surface area contributed by atoms with Gasteiger partial charge < -0.3 is 25.0 Å². The molecule has 1 rings (SSSR count). The monoisotopic (exact) mass is 534 g/mol. The number of aliphatic imine (C=N–C) groups is 1. The number of guanidine groups is 1. The smallest absolute Gasteiger partial charge is 0.191 e. The van der Waals surface area contributed by atoms with E-state index in [0.29, 0.717) is 13.2 Å². The van der Waals surface area contributed by atoms with Crippen molar-refractivity contribution in [3.05, 3.63) is 23.8 Å². The fraction of sp³-hybridized carbons (Fsp3) is 0.696. The molecule has 30 heavy (non-hydrogen) atoms. The number of unbranched alkanes of at least 4 members (excludes halogenated alkanes) is 4. The van der Waals surface area contributed by atoms with E-state index in [1.54, 1.807) is 0 Å². The molecule has 1 atom stereocenters. The highest BCUT2D eigenvalue weighted by Crippen LogP contribution is 2.30. The van der Waals surface area contributed by atoms with Gasteiger partial charge in [-0.05, 0) is 71.9 Å². The van der Waals surface area contributed by atoms with Gasteiger partial charge in [0.1, 0.15) is 0 Å². The molecule has 0 aliphatic carbocycles. The molecule has 0 fully saturated rings. The summed E-state index contributed by atoms with van der Waals surface area (Å²) in [4.78, 5) is 6.61. The van der Waals surface area contributed by atoms with Crippen LogP contribution in [0.15, 0.2) is 23.2 Å². The molecule has 0 saturated carbocycles. The minimum Gasteiger partial charge on any atom is -0.490 e. The molecule has 0 bridgehead atoms. The van der Waals surface area contributed by atoms with Crippen molar-refractivity contribution in [2.24, 2.45) is 4.99 Å². The van der Waals surface area contributed by atoms with Crippen molar-refractivity contribution in [3.63, 3.8) is 0 Å². The van der Waals surface area contributed by atoms with Crippen LogP contribution in [-0.2, 0) is 0 Å². The van der Waals surface area contributed by atoms with Crippen LogP contribution in [0.4, 0.5) is 0 Å². The van der Waals surface area contributed by atoms with Gasteiger partial charge in [0.25, 0.3) is 0 Å². The van der Waals surface area contributed by atoms with Crippen LogP contribution in [-0.4, -0.2) is 58.3 Å². The summed E-state index contributed by atoms with van der Waals surface area (Å²) >= 11 is 0. The highest BCUT2D eigenvalue weighted by Gasteiger charge is 2.12. The van der Waals surface area contributed by atoms with Gasteiger partial charge in [-0.2, -0.15) is 0 Å². The lowest BCUT2D eigenvalue weighted by molar-refractivity contribution is 0.287. The number of benzene rings is 1. The number of nitrogens with one attached hydrogen (secondary N) is 2. The number of hydrogen-bond donors (Lipinski definition) is 2. The molecule has 6 nitrogen and oxygen atoms in total. The standard InChI is InChI=1S/C23H42N4O2.HI/c1-7-28-21-15-14-20(18-22(21)29-8-2)19(3)26-23(24-4)25-16-12-10-9-11-13-17-27(5)6;/h14-15,18-19H,7-13,16-17H2,1-6H3,(H2,24,25,26);1H. The van der Waals surface area contributed by atoms with Gasteiger partial charge in [-0.25, -0.2) is 0 Å². The Balaban J connectivity index is 0.00000841. The van der Waals surface area contributed by atoms with Crippen molar-refractivity contribution in [1.82, 2.24) is 15.5 Å². The fourth-order valence-corrected chi connectivity index (χ4v) is 3.11. The van der Waals surface area contributed by atoms with Crippen LogP contribution in [0.2, 0.25) is 0 Å². The van der Waals surface area contributed by atoms with Crippen molar-refractivity contribution in [2.45, 2.75) is 58.9 Å². The highest BCUT2D eigenvalue weighted by molar-refractivity contribution is 14.0. The van der Waals surface area contributed by atoms with Crippen LogP contribution in [0.3, 0.4) is 0 Å². The molecule has 1 unspecified atom stereocenters. The molecule has 2 N–H and O–H groups in total. The van der Waals surface area contributed by atoms with E-state index in [0.717, 1.165) is 36.0 Å². The maximum absolute atomic E-state index is 5.74. The Kier molecular flexibility index (Phi) is 16.7. The predicted octanol–water partition coefficient (Wildman–Crippen LogP) is 4.84. The highest BCUT2D eigenvalue weighted by atomic mass is 127. The molecule has 0 aliphatic rings. The molecule has 0 amide bonds. The van der Waals surface area contributed by atoms with Gasteiger partial charge in [0.15, 0.2) is 17.5 Å². The molecule has 7 heteroatoms. The van der Waals surface area contributed by atoms with E-state index in [1.807, 2.05) is 33.0 Å². The Bertz CT molecular complexity index is 597. The van der Waals surface area contributed by atoms with E-state index in [2.05, 4.69) is 47.6 Å². The lowest BCUT2D eigenvalue weighted by Crippen LogP contribution is -2.39. The topological polar surface area (TPSA) is 58.1 Å². The summed E-state index contributed by atoms with van der Waals surface area (Å²) in [5.41, 5.74) is 1.14. The zero-order valence-electron chi connectivity index (χ0n) is 19.8. The Morgan fingerprint density at radius 1 is 1.00 bits per heavy atom. The van der Waals surface area contributed by atoms with Gasteiger partial charge >= 0.3 is 0 Å². The first-order valence-corrected chi connectivity index (χ1v) is 11.0. The van der Waals surface area contributed by atoms with Gasteiger partial charge in [-0.1, -0.05) is 25.3 Å². The van der Waals surface area contributed by atoms with Crippen LogP contribution in [0.1, 0.15) is 64.5 Å². The first-order chi connectivity index (χ1) is 14.0. The molecule has 0 aliphatic heterocycles. The quantitative estimate of drug-likeness (QED) is 0.155. The second kappa shape index (κ2) is 17.5. The third-order valence-corrected chi connectivity index (χ3v) is 4.72. The normalized spacial score (nSPS) is 12.3. The van der Waals surface area contributed by atoms with Gasteiger partial charge in [-0.15, -0.1) is 24.0 Å². The average molecular weight is 535 g/mol. The Morgan fingerprint density at radius 2 is 1.63 bits per heavy atom. The first-order valence-electron chi connectivity index (χ1n) is 11.0.